The molecule has 0 N–H and O–H groups in total. The minimum absolute atomic E-state index is 0.0470. The highest BCUT2D eigenvalue weighted by atomic mass is 32.2. The first-order valence-corrected chi connectivity index (χ1v) is 9.11. The maximum absolute atomic E-state index is 12.8. The van der Waals surface area contributed by atoms with Crippen LogP contribution in [-0.2, 0) is 14.6 Å². The molecule has 0 saturated carbocycles. The third-order valence-corrected chi connectivity index (χ3v) is 5.46. The maximum Gasteiger partial charge on any atom is 0.226 e. The number of hydrogen-bond acceptors (Lipinski definition) is 4. The summed E-state index contributed by atoms with van der Waals surface area (Å²) >= 11 is 0. The van der Waals surface area contributed by atoms with Crippen molar-refractivity contribution in [3.05, 3.63) is 30.1 Å². The second-order valence-corrected chi connectivity index (χ2v) is 7.52. The van der Waals surface area contributed by atoms with E-state index in [1.165, 1.54) is 24.3 Å². The monoisotopic (exact) mass is 329 g/mol. The number of rotatable bonds is 6. The van der Waals surface area contributed by atoms with Gasteiger partial charge in [0.2, 0.25) is 5.91 Å². The topological polar surface area (TPSA) is 63.7 Å². The average molecular weight is 329 g/mol. The number of halogens is 1. The SMILES string of the molecule is CCN(C(=O)CCOc1ccc(F)cc1)C1CCS(=O)(=O)C1. The summed E-state index contributed by atoms with van der Waals surface area (Å²) in [5.74, 6) is 0.231. The zero-order valence-electron chi connectivity index (χ0n) is 12.5. The molecule has 22 heavy (non-hydrogen) atoms. The van der Waals surface area contributed by atoms with Crippen molar-refractivity contribution < 1.29 is 22.3 Å². The molecule has 7 heteroatoms. The van der Waals surface area contributed by atoms with Crippen LogP contribution in [0.2, 0.25) is 0 Å². The minimum atomic E-state index is -3.01. The molecule has 1 saturated heterocycles. The normalized spacial score (nSPS) is 19.8. The summed E-state index contributed by atoms with van der Waals surface area (Å²) in [5, 5.41) is 0. The Balaban J connectivity index is 1.83. The molecule has 1 fully saturated rings. The third kappa shape index (κ3) is 4.43. The standard InChI is InChI=1S/C15H20FNO4S/c1-2-17(13-8-10-22(19,20)11-13)15(18)7-9-21-14-5-3-12(16)4-6-14/h3-6,13H,2,7-11H2,1H3. The van der Waals surface area contributed by atoms with Crippen molar-refractivity contribution in [1.29, 1.82) is 0 Å². The highest BCUT2D eigenvalue weighted by Crippen LogP contribution is 2.18. The molecular formula is C15H20FNO4S. The summed E-state index contributed by atoms with van der Waals surface area (Å²) in [6, 6.07) is 5.35. The third-order valence-electron chi connectivity index (χ3n) is 3.71. The fourth-order valence-electron chi connectivity index (χ4n) is 2.59. The van der Waals surface area contributed by atoms with Crippen LogP contribution in [0.1, 0.15) is 19.8 Å². The Morgan fingerprint density at radius 2 is 2.05 bits per heavy atom. The first-order chi connectivity index (χ1) is 10.4. The van der Waals surface area contributed by atoms with E-state index in [9.17, 15) is 17.6 Å². The largest absolute Gasteiger partial charge is 0.493 e. The van der Waals surface area contributed by atoms with E-state index in [1.807, 2.05) is 6.92 Å². The van der Waals surface area contributed by atoms with E-state index in [0.29, 0.717) is 18.7 Å². The van der Waals surface area contributed by atoms with Crippen molar-refractivity contribution in [2.24, 2.45) is 0 Å². The van der Waals surface area contributed by atoms with Crippen LogP contribution in [-0.4, -0.2) is 49.9 Å². The number of ether oxygens (including phenoxy) is 1. The lowest BCUT2D eigenvalue weighted by molar-refractivity contribution is -0.133. The van der Waals surface area contributed by atoms with Crippen LogP contribution in [0.3, 0.4) is 0 Å². The van der Waals surface area contributed by atoms with Gasteiger partial charge >= 0.3 is 0 Å². The molecule has 1 heterocycles. The highest BCUT2D eigenvalue weighted by Gasteiger charge is 2.33. The number of benzene rings is 1. The molecule has 1 amide bonds. The van der Waals surface area contributed by atoms with Crippen LogP contribution in [0.15, 0.2) is 24.3 Å². The van der Waals surface area contributed by atoms with Crippen LogP contribution < -0.4 is 4.74 Å². The van der Waals surface area contributed by atoms with Crippen LogP contribution in [0.4, 0.5) is 4.39 Å². The number of nitrogens with zero attached hydrogens (tertiary/aromatic N) is 1. The molecule has 0 aliphatic carbocycles. The lowest BCUT2D eigenvalue weighted by Gasteiger charge is -2.26. The van der Waals surface area contributed by atoms with Gasteiger partial charge in [0.25, 0.3) is 0 Å². The number of amides is 1. The van der Waals surface area contributed by atoms with Gasteiger partial charge in [0.05, 0.1) is 24.5 Å². The van der Waals surface area contributed by atoms with Crippen molar-refractivity contribution >= 4 is 15.7 Å². The van der Waals surface area contributed by atoms with E-state index in [1.54, 1.807) is 4.90 Å². The Morgan fingerprint density at radius 1 is 1.36 bits per heavy atom. The molecule has 0 bridgehead atoms. The van der Waals surface area contributed by atoms with Gasteiger partial charge < -0.3 is 9.64 Å². The van der Waals surface area contributed by atoms with Gasteiger partial charge in [0.15, 0.2) is 9.84 Å². The van der Waals surface area contributed by atoms with Gasteiger partial charge in [0.1, 0.15) is 11.6 Å². The fourth-order valence-corrected chi connectivity index (χ4v) is 4.32. The Kier molecular flexibility index (Phi) is 5.39. The van der Waals surface area contributed by atoms with Crippen LogP contribution in [0.25, 0.3) is 0 Å². The molecule has 0 spiro atoms. The molecule has 5 nitrogen and oxygen atoms in total. The Morgan fingerprint density at radius 3 is 2.59 bits per heavy atom. The van der Waals surface area contributed by atoms with Gasteiger partial charge in [0, 0.05) is 12.6 Å². The van der Waals surface area contributed by atoms with Crippen molar-refractivity contribution in [3.63, 3.8) is 0 Å². The van der Waals surface area contributed by atoms with Crippen LogP contribution in [0.5, 0.6) is 5.75 Å². The lowest BCUT2D eigenvalue weighted by Crippen LogP contribution is -2.41. The second-order valence-electron chi connectivity index (χ2n) is 5.29. The Labute approximate surface area is 130 Å². The lowest BCUT2D eigenvalue weighted by atomic mass is 10.2. The zero-order valence-corrected chi connectivity index (χ0v) is 13.3. The number of carbonyl (C=O) groups is 1. The zero-order chi connectivity index (χ0) is 16.2. The van der Waals surface area contributed by atoms with Gasteiger partial charge in [-0.2, -0.15) is 0 Å². The van der Waals surface area contributed by atoms with Crippen molar-refractivity contribution in [2.75, 3.05) is 24.7 Å². The summed E-state index contributed by atoms with van der Waals surface area (Å²) in [6.07, 6.45) is 0.669. The predicted molar refractivity (Wildman–Crippen MR) is 81.0 cm³/mol. The van der Waals surface area contributed by atoms with E-state index >= 15 is 0 Å². The molecule has 1 aromatic carbocycles. The summed E-state index contributed by atoms with van der Waals surface area (Å²) in [7, 11) is -3.01. The van der Waals surface area contributed by atoms with Crippen molar-refractivity contribution in [2.45, 2.75) is 25.8 Å². The fraction of sp³-hybridized carbons (Fsp3) is 0.533. The van der Waals surface area contributed by atoms with Gasteiger partial charge in [-0.15, -0.1) is 0 Å². The maximum atomic E-state index is 12.8. The Hall–Kier alpha value is -1.63. The smallest absolute Gasteiger partial charge is 0.226 e. The molecule has 0 aromatic heterocycles. The van der Waals surface area contributed by atoms with Gasteiger partial charge in [-0.3, -0.25) is 4.79 Å². The number of hydrogen-bond donors (Lipinski definition) is 0. The highest BCUT2D eigenvalue weighted by molar-refractivity contribution is 7.91. The van der Waals surface area contributed by atoms with E-state index < -0.39 is 9.84 Å². The first-order valence-electron chi connectivity index (χ1n) is 7.29. The number of carbonyl (C=O) groups excluding carboxylic acids is 1. The summed E-state index contributed by atoms with van der Waals surface area (Å²) in [4.78, 5) is 13.8. The first kappa shape index (κ1) is 16.7. The summed E-state index contributed by atoms with van der Waals surface area (Å²) < 4.78 is 41.2. The van der Waals surface area contributed by atoms with E-state index in [4.69, 9.17) is 4.74 Å². The van der Waals surface area contributed by atoms with Crippen LogP contribution in [0, 0.1) is 5.82 Å². The molecule has 1 aliphatic heterocycles. The molecule has 0 radical (unpaired) electrons. The molecule has 1 unspecified atom stereocenters. The minimum Gasteiger partial charge on any atom is -0.493 e. The van der Waals surface area contributed by atoms with Gasteiger partial charge in [-0.05, 0) is 37.6 Å². The van der Waals surface area contributed by atoms with Crippen molar-refractivity contribution in [3.8, 4) is 5.75 Å². The molecule has 1 aliphatic rings. The second kappa shape index (κ2) is 7.09. The van der Waals surface area contributed by atoms with E-state index in [2.05, 4.69) is 0 Å². The average Bonchev–Trinajstić information content (AvgIpc) is 2.82. The molecule has 1 aromatic rings. The number of sulfone groups is 1. The molecule has 1 atom stereocenters. The van der Waals surface area contributed by atoms with E-state index in [0.717, 1.165) is 0 Å². The van der Waals surface area contributed by atoms with Crippen molar-refractivity contribution in [1.82, 2.24) is 4.90 Å². The molecule has 2 rings (SSSR count). The summed E-state index contributed by atoms with van der Waals surface area (Å²) in [5.41, 5.74) is 0. The van der Waals surface area contributed by atoms with E-state index in [-0.39, 0.29) is 42.3 Å². The van der Waals surface area contributed by atoms with Gasteiger partial charge in [-0.1, -0.05) is 0 Å². The van der Waals surface area contributed by atoms with Crippen LogP contribution >= 0.6 is 0 Å². The quantitative estimate of drug-likeness (QED) is 0.796. The summed E-state index contributed by atoms with van der Waals surface area (Å²) in [6.45, 7) is 2.50. The molecule has 122 valence electrons. The Bertz CT molecular complexity index is 615. The van der Waals surface area contributed by atoms with Gasteiger partial charge in [-0.25, -0.2) is 12.8 Å². The molecular weight excluding hydrogens is 309 g/mol. The predicted octanol–water partition coefficient (Wildman–Crippen LogP) is 1.63.